The lowest BCUT2D eigenvalue weighted by molar-refractivity contribution is -0.133. The lowest BCUT2D eigenvalue weighted by atomic mass is 10.1. The van der Waals surface area contributed by atoms with Crippen LogP contribution in [0.25, 0.3) is 10.9 Å². The van der Waals surface area contributed by atoms with Gasteiger partial charge in [0.15, 0.2) is 11.5 Å². The van der Waals surface area contributed by atoms with Gasteiger partial charge in [0.1, 0.15) is 11.6 Å². The van der Waals surface area contributed by atoms with E-state index >= 15 is 0 Å². The van der Waals surface area contributed by atoms with Crippen molar-refractivity contribution in [3.8, 4) is 17.2 Å². The number of aromatic nitrogens is 2. The number of ether oxygens (including phenoxy) is 3. The number of nitrogen functional groups attached to an aromatic ring is 1. The summed E-state index contributed by atoms with van der Waals surface area (Å²) in [6.07, 6.45) is 0.904. The summed E-state index contributed by atoms with van der Waals surface area (Å²) in [5.74, 6) is 3.55. The van der Waals surface area contributed by atoms with Crippen molar-refractivity contribution in [1.82, 2.24) is 14.9 Å². The highest BCUT2D eigenvalue weighted by atomic mass is 16.5. The zero-order chi connectivity index (χ0) is 23.8. The monoisotopic (exact) mass is 463 g/mol. The molecule has 2 N–H and O–H groups in total. The maximum atomic E-state index is 13.1. The van der Waals surface area contributed by atoms with Gasteiger partial charge in [-0.1, -0.05) is 12.1 Å². The Kier molecular flexibility index (Phi) is 5.77. The highest BCUT2D eigenvalue weighted by Gasteiger charge is 2.46. The Labute approximate surface area is 198 Å². The van der Waals surface area contributed by atoms with E-state index in [-0.39, 0.29) is 11.8 Å². The number of carbonyl (C=O) groups is 1. The molecule has 0 radical (unpaired) electrons. The van der Waals surface area contributed by atoms with E-state index in [0.29, 0.717) is 66.3 Å². The summed E-state index contributed by atoms with van der Waals surface area (Å²) < 4.78 is 16.0. The lowest BCUT2D eigenvalue weighted by Crippen LogP contribution is -2.49. The van der Waals surface area contributed by atoms with Crippen LogP contribution in [0.3, 0.4) is 0 Å². The molecule has 9 nitrogen and oxygen atoms in total. The summed E-state index contributed by atoms with van der Waals surface area (Å²) in [6, 6.07) is 11.6. The first-order valence-electron chi connectivity index (χ1n) is 11.4. The average molecular weight is 464 g/mol. The zero-order valence-electron chi connectivity index (χ0n) is 19.7. The molecule has 2 aliphatic rings. The largest absolute Gasteiger partial charge is 0.497 e. The van der Waals surface area contributed by atoms with Crippen molar-refractivity contribution in [3.05, 3.63) is 42.0 Å². The molecule has 1 aliphatic heterocycles. The summed E-state index contributed by atoms with van der Waals surface area (Å²) in [7, 11) is 4.82. The van der Waals surface area contributed by atoms with Crippen molar-refractivity contribution in [2.75, 3.05) is 58.1 Å². The van der Waals surface area contributed by atoms with E-state index in [4.69, 9.17) is 24.9 Å². The van der Waals surface area contributed by atoms with Crippen molar-refractivity contribution >= 4 is 28.6 Å². The Bertz CT molecular complexity index is 1210. The van der Waals surface area contributed by atoms with Crippen molar-refractivity contribution < 1.29 is 19.0 Å². The quantitative estimate of drug-likeness (QED) is 0.595. The molecular formula is C25H29N5O4. The van der Waals surface area contributed by atoms with Crippen LogP contribution in [0.15, 0.2) is 36.4 Å². The normalized spacial score (nSPS) is 19.7. The molecule has 2 fully saturated rings. The fourth-order valence-electron chi connectivity index (χ4n) is 4.66. The number of nitrogens with zero attached hydrogens (tertiary/aromatic N) is 4. The molecule has 1 aromatic heterocycles. The first-order chi connectivity index (χ1) is 16.5. The summed E-state index contributed by atoms with van der Waals surface area (Å²) >= 11 is 0. The molecule has 9 heteroatoms. The lowest BCUT2D eigenvalue weighted by Gasteiger charge is -2.35. The number of fused-ring (bicyclic) bond motifs is 1. The van der Waals surface area contributed by atoms with Crippen LogP contribution >= 0.6 is 0 Å². The number of hydrogen-bond donors (Lipinski definition) is 1. The van der Waals surface area contributed by atoms with Crippen molar-refractivity contribution in [2.45, 2.75) is 12.3 Å². The number of carbonyl (C=O) groups excluding carboxylic acids is 1. The van der Waals surface area contributed by atoms with E-state index in [1.165, 1.54) is 5.56 Å². The van der Waals surface area contributed by atoms with Gasteiger partial charge in [0.05, 0.1) is 26.8 Å². The second-order valence-electron chi connectivity index (χ2n) is 8.67. The van der Waals surface area contributed by atoms with Gasteiger partial charge in [-0.15, -0.1) is 0 Å². The molecule has 5 rings (SSSR count). The predicted molar refractivity (Wildman–Crippen MR) is 130 cm³/mol. The van der Waals surface area contributed by atoms with Crippen molar-refractivity contribution in [1.29, 1.82) is 0 Å². The predicted octanol–water partition coefficient (Wildman–Crippen LogP) is 2.69. The molecule has 178 valence electrons. The maximum absolute atomic E-state index is 13.1. The van der Waals surface area contributed by atoms with Crippen LogP contribution in [-0.2, 0) is 4.79 Å². The summed E-state index contributed by atoms with van der Waals surface area (Å²) in [4.78, 5) is 26.3. The van der Waals surface area contributed by atoms with Crippen molar-refractivity contribution in [3.63, 3.8) is 0 Å². The Morgan fingerprint density at radius 3 is 2.26 bits per heavy atom. The number of methoxy groups -OCH3 is 3. The molecule has 1 amide bonds. The van der Waals surface area contributed by atoms with Crippen LogP contribution in [0.5, 0.6) is 17.2 Å². The maximum Gasteiger partial charge on any atom is 0.228 e. The third kappa shape index (κ3) is 4.02. The van der Waals surface area contributed by atoms with Crippen molar-refractivity contribution in [2.24, 2.45) is 5.92 Å². The topological polar surface area (TPSA) is 103 Å². The second kappa shape index (κ2) is 8.89. The smallest absolute Gasteiger partial charge is 0.228 e. The SMILES string of the molecule is COc1ccc([C@@H]2C[C@H]2C(=O)N2CCN(c3nc(N)c4cc(OC)c(OC)cc4n3)CC2)cc1. The van der Waals surface area contributed by atoms with Gasteiger partial charge in [0.2, 0.25) is 11.9 Å². The molecule has 2 atom stereocenters. The molecule has 0 unspecified atom stereocenters. The molecule has 1 aliphatic carbocycles. The molecule has 2 aromatic carbocycles. The van der Waals surface area contributed by atoms with E-state index < -0.39 is 0 Å². The van der Waals surface area contributed by atoms with Gasteiger partial charge < -0.3 is 29.7 Å². The number of hydrogen-bond acceptors (Lipinski definition) is 8. The number of amides is 1. The Morgan fingerprint density at radius 2 is 1.62 bits per heavy atom. The number of nitrogens with two attached hydrogens (primary N) is 1. The molecule has 0 bridgehead atoms. The van der Waals surface area contributed by atoms with E-state index in [1.807, 2.05) is 23.1 Å². The average Bonchev–Trinajstić information content (AvgIpc) is 3.68. The van der Waals surface area contributed by atoms with E-state index in [2.05, 4.69) is 22.0 Å². The van der Waals surface area contributed by atoms with Crippen LogP contribution < -0.4 is 24.8 Å². The number of anilines is 2. The minimum atomic E-state index is 0.0648. The molecule has 2 heterocycles. The first-order valence-corrected chi connectivity index (χ1v) is 11.4. The fraction of sp³-hybridized carbons (Fsp3) is 0.400. The summed E-state index contributed by atoms with van der Waals surface area (Å²) in [6.45, 7) is 2.59. The molecule has 1 saturated heterocycles. The van der Waals surface area contributed by atoms with Crippen LogP contribution in [0.2, 0.25) is 0 Å². The van der Waals surface area contributed by atoms with Crippen LogP contribution in [-0.4, -0.2) is 68.3 Å². The third-order valence-electron chi connectivity index (χ3n) is 6.74. The Morgan fingerprint density at radius 1 is 0.941 bits per heavy atom. The van der Waals surface area contributed by atoms with Gasteiger partial charge in [-0.25, -0.2) is 4.98 Å². The van der Waals surface area contributed by atoms with Gasteiger partial charge in [0, 0.05) is 43.5 Å². The van der Waals surface area contributed by atoms with Gasteiger partial charge in [-0.05, 0) is 36.1 Å². The highest BCUT2D eigenvalue weighted by Crippen LogP contribution is 2.48. The van der Waals surface area contributed by atoms with Gasteiger partial charge in [-0.2, -0.15) is 4.98 Å². The first kappa shape index (κ1) is 22.1. The highest BCUT2D eigenvalue weighted by molar-refractivity contribution is 5.91. The number of rotatable bonds is 6. The van der Waals surface area contributed by atoms with E-state index in [9.17, 15) is 4.79 Å². The molecule has 0 spiro atoms. The molecular weight excluding hydrogens is 434 g/mol. The minimum Gasteiger partial charge on any atom is -0.497 e. The van der Waals surface area contributed by atoms with E-state index in [1.54, 1.807) is 27.4 Å². The Hall–Kier alpha value is -3.75. The number of benzene rings is 2. The fourth-order valence-corrected chi connectivity index (χ4v) is 4.66. The van der Waals surface area contributed by atoms with E-state index in [0.717, 1.165) is 12.2 Å². The zero-order valence-corrected chi connectivity index (χ0v) is 19.7. The second-order valence-corrected chi connectivity index (χ2v) is 8.67. The van der Waals surface area contributed by atoms with Gasteiger partial charge >= 0.3 is 0 Å². The molecule has 34 heavy (non-hydrogen) atoms. The summed E-state index contributed by atoms with van der Waals surface area (Å²) in [5.41, 5.74) is 8.14. The number of piperazine rings is 1. The third-order valence-corrected chi connectivity index (χ3v) is 6.74. The molecule has 1 saturated carbocycles. The standard InChI is InChI=1S/C25H29N5O4/c1-32-16-6-4-15(5-7-16)17-12-18(17)24(31)29-8-10-30(11-9-29)25-27-20-14-22(34-3)21(33-2)13-19(20)23(26)28-25/h4-7,13-14,17-18H,8-12H2,1-3H3,(H2,26,27,28)/t17-,18+/m0/s1. The van der Waals surface area contributed by atoms with Gasteiger partial charge in [0.25, 0.3) is 0 Å². The summed E-state index contributed by atoms with van der Waals surface area (Å²) in [5, 5.41) is 0.716. The minimum absolute atomic E-state index is 0.0648. The molecule has 3 aromatic rings. The van der Waals surface area contributed by atoms with Gasteiger partial charge in [-0.3, -0.25) is 4.79 Å². The van der Waals surface area contributed by atoms with Crippen LogP contribution in [0, 0.1) is 5.92 Å². The van der Waals surface area contributed by atoms with Crippen LogP contribution in [0.4, 0.5) is 11.8 Å². The van der Waals surface area contributed by atoms with Crippen LogP contribution in [0.1, 0.15) is 17.9 Å². The Balaban J connectivity index is 1.24.